The summed E-state index contributed by atoms with van der Waals surface area (Å²) in [6.45, 7) is 0.749. The quantitative estimate of drug-likeness (QED) is 0.0275. The van der Waals surface area contributed by atoms with Crippen molar-refractivity contribution < 1.29 is 19.1 Å². The Morgan fingerprint density at radius 1 is 0.291 bits per heavy atom. The van der Waals surface area contributed by atoms with E-state index in [-0.39, 0.29) is 11.9 Å². The van der Waals surface area contributed by atoms with Gasteiger partial charge in [0.2, 0.25) is 0 Å². The molecule has 0 spiro atoms. The van der Waals surface area contributed by atoms with Gasteiger partial charge in [0.25, 0.3) is 0 Å². The third kappa shape index (κ3) is 13.3. The van der Waals surface area contributed by atoms with Crippen LogP contribution in [0.3, 0.4) is 0 Å². The molecular weight excluding hydrogens is 1060 g/mol. The van der Waals surface area contributed by atoms with Gasteiger partial charge in [-0.05, 0) is 130 Å². The molecule has 86 heavy (non-hydrogen) atoms. The molecule has 2 aliphatic rings. The normalized spacial score (nSPS) is 12.9. The van der Waals surface area contributed by atoms with Gasteiger partial charge >= 0.3 is 11.9 Å². The largest absolute Gasteiger partial charge is 0.462 e. The van der Waals surface area contributed by atoms with Crippen LogP contribution in [-0.2, 0) is 9.47 Å². The number of benzene rings is 10. The molecule has 0 N–H and O–H groups in total. The fraction of sp³-hybridized carbons (Fsp3) is 0.128. The van der Waals surface area contributed by atoms with Crippen LogP contribution in [0, 0.1) is 0 Å². The van der Waals surface area contributed by atoms with Gasteiger partial charge in [-0.25, -0.2) is 19.6 Å². The van der Waals surface area contributed by atoms with E-state index in [4.69, 9.17) is 19.7 Å². The van der Waals surface area contributed by atoms with Gasteiger partial charge in [0.1, 0.15) is 0 Å². The van der Waals surface area contributed by atoms with Crippen LogP contribution in [0.1, 0.15) is 117 Å². The van der Waals surface area contributed by atoms with E-state index in [1.54, 1.807) is 0 Å². The number of ether oxygens (including phenoxy) is 2. The van der Waals surface area contributed by atoms with Crippen molar-refractivity contribution in [1.82, 2.24) is 0 Å². The van der Waals surface area contributed by atoms with Crippen molar-refractivity contribution in [3.8, 4) is 22.3 Å². The molecule has 0 saturated heterocycles. The zero-order chi connectivity index (χ0) is 58.3. The summed E-state index contributed by atoms with van der Waals surface area (Å²) in [5.74, 6) is -0.636. The molecule has 10 aromatic carbocycles. The third-order valence-corrected chi connectivity index (χ3v) is 15.7. The molecule has 0 radical (unpaired) electrons. The molecule has 2 aliphatic carbocycles. The summed E-state index contributed by atoms with van der Waals surface area (Å²) in [5.41, 5.74) is 18.9. The summed E-state index contributed by atoms with van der Waals surface area (Å²) in [7, 11) is 0. The molecule has 0 fully saturated rings. The van der Waals surface area contributed by atoms with Gasteiger partial charge in [0.05, 0.1) is 58.5 Å². The molecule has 0 aliphatic heterocycles. The lowest BCUT2D eigenvalue weighted by molar-refractivity contribution is 0.0487. The second kappa shape index (κ2) is 27.3. The number of unbranched alkanes of at least 4 members (excludes halogenated alkanes) is 7. The molecule has 8 heteroatoms. The van der Waals surface area contributed by atoms with Gasteiger partial charge in [-0.3, -0.25) is 0 Å². The van der Waals surface area contributed by atoms with Crippen LogP contribution in [-0.4, -0.2) is 36.6 Å². The molecule has 8 nitrogen and oxygen atoms in total. The van der Waals surface area contributed by atoms with E-state index in [0.29, 0.717) is 24.3 Å². The van der Waals surface area contributed by atoms with E-state index in [2.05, 4.69) is 146 Å². The van der Waals surface area contributed by atoms with Crippen molar-refractivity contribution in [2.24, 2.45) is 10.2 Å². The van der Waals surface area contributed by atoms with Crippen molar-refractivity contribution in [3.05, 3.63) is 310 Å². The van der Waals surface area contributed by atoms with Gasteiger partial charge in [-0.1, -0.05) is 245 Å². The van der Waals surface area contributed by atoms with Crippen LogP contribution in [0.2, 0.25) is 0 Å². The van der Waals surface area contributed by atoms with E-state index >= 15 is 0 Å². The summed E-state index contributed by atoms with van der Waals surface area (Å²) in [4.78, 5) is 27.0. The second-order valence-electron chi connectivity index (χ2n) is 21.6. The van der Waals surface area contributed by atoms with E-state index < -0.39 is 0 Å². The van der Waals surface area contributed by atoms with Crippen LogP contribution in [0.5, 0.6) is 0 Å². The van der Waals surface area contributed by atoms with Crippen molar-refractivity contribution >= 4 is 70.4 Å². The van der Waals surface area contributed by atoms with Crippen LogP contribution in [0.25, 0.3) is 46.6 Å². The van der Waals surface area contributed by atoms with Gasteiger partial charge in [0.15, 0.2) is 0 Å². The fourth-order valence-electron chi connectivity index (χ4n) is 11.2. The number of fused-ring (bicyclic) bond motifs is 6. The number of anilines is 4. The van der Waals surface area contributed by atoms with Crippen LogP contribution in [0.15, 0.2) is 265 Å². The van der Waals surface area contributed by atoms with Gasteiger partial charge in [-0.15, -0.1) is 0 Å². The summed E-state index contributed by atoms with van der Waals surface area (Å²) in [6.07, 6.45) is 16.4. The highest BCUT2D eigenvalue weighted by Gasteiger charge is 2.29. The third-order valence-electron chi connectivity index (χ3n) is 15.7. The first-order chi connectivity index (χ1) is 42.5. The molecule has 0 heterocycles. The minimum absolute atomic E-state index is 0.318. The maximum Gasteiger partial charge on any atom is 0.338 e. The van der Waals surface area contributed by atoms with Gasteiger partial charge < -0.3 is 9.47 Å². The monoisotopic (exact) mass is 1120 g/mol. The number of nitrogens with zero attached hydrogens (tertiary/aromatic N) is 4. The van der Waals surface area contributed by atoms with E-state index in [1.165, 1.54) is 0 Å². The van der Waals surface area contributed by atoms with Crippen molar-refractivity contribution in [2.75, 3.05) is 23.2 Å². The Hall–Kier alpha value is -10.4. The predicted molar refractivity (Wildman–Crippen MR) is 353 cm³/mol. The Morgan fingerprint density at radius 2 is 0.581 bits per heavy atom. The van der Waals surface area contributed by atoms with Crippen LogP contribution >= 0.6 is 0 Å². The number of hydrazone groups is 2. The number of carbonyl (C=O) groups is 2. The molecule has 10 aromatic rings. The van der Waals surface area contributed by atoms with E-state index in [1.807, 2.05) is 143 Å². The highest BCUT2D eigenvalue weighted by atomic mass is 16.5. The minimum Gasteiger partial charge on any atom is -0.462 e. The average Bonchev–Trinajstić information content (AvgIpc) is 1.91. The molecule has 0 aromatic heterocycles. The molecule has 0 saturated carbocycles. The predicted octanol–water partition coefficient (Wildman–Crippen LogP) is 19.3. The van der Waals surface area contributed by atoms with E-state index in [0.717, 1.165) is 152 Å². The number of hydrogen-bond acceptors (Lipinski definition) is 8. The topological polar surface area (TPSA) is 83.8 Å². The molecule has 422 valence electrons. The number of esters is 2. The summed E-state index contributed by atoms with van der Waals surface area (Å²) < 4.78 is 11.7. The Morgan fingerprint density at radius 3 is 0.953 bits per heavy atom. The molecule has 0 unspecified atom stereocenters. The lowest BCUT2D eigenvalue weighted by Crippen LogP contribution is -2.14. The SMILES string of the molecule is O=C(OCCCCCCCCCCOC(=O)c1ccc2c(c1)-c1ccccc1/C2=N\N(c1ccccc1)c1ccc(/C=C/c2ccccc2)cc1)c1ccc2c(c1)-c1ccccc1/C2=N\N(c1ccccc1)c1ccc(/C=C/c2ccccc2)cc1. The molecule has 0 bridgehead atoms. The molecule has 0 amide bonds. The zero-order valence-electron chi connectivity index (χ0n) is 48.1. The minimum atomic E-state index is -0.318. The Labute approximate surface area is 504 Å². The maximum atomic E-state index is 13.5. The number of hydrogen-bond donors (Lipinski definition) is 0. The average molecular weight is 1120 g/mol. The Balaban J connectivity index is 0.596. The zero-order valence-corrected chi connectivity index (χ0v) is 48.1. The molecule has 0 atom stereocenters. The smallest absolute Gasteiger partial charge is 0.338 e. The Bertz CT molecular complexity index is 3820. The lowest BCUT2D eigenvalue weighted by Gasteiger charge is -2.21. The standard InChI is InChI=1S/C78H66N4O4/c83-77(61-45-51-71-73(55-61)67-33-19-21-35-69(67)75(71)79-81(63-29-15-9-16-30-63)65-47-41-59(42-48-65)39-37-57-25-11-7-12-26-57)85-53-23-5-3-1-2-4-6-24-54-86-78(84)62-46-52-72-74(56-62)68-34-20-22-36-70(68)76(72)80-82(64-31-17-10-18-32-64)66-49-43-60(44-50-66)40-38-58-27-13-8-14-28-58/h7-22,25-52,55-56H,1-6,23-24,53-54H2/b39-37+,40-38+,79-75+,80-76+. The molecular formula is C78H66N4O4. The summed E-state index contributed by atoms with van der Waals surface area (Å²) in [5, 5.41) is 14.7. The highest BCUT2D eigenvalue weighted by Crippen LogP contribution is 2.41. The van der Waals surface area contributed by atoms with Crippen LogP contribution in [0.4, 0.5) is 22.7 Å². The Kier molecular flexibility index (Phi) is 17.8. The lowest BCUT2D eigenvalue weighted by atomic mass is 10.0. The number of carbonyl (C=O) groups excluding carboxylic acids is 2. The summed E-state index contributed by atoms with van der Waals surface area (Å²) in [6, 6.07) is 85.9. The first-order valence-corrected chi connectivity index (χ1v) is 29.9. The number of rotatable bonds is 23. The fourth-order valence-corrected chi connectivity index (χ4v) is 11.2. The molecule has 12 rings (SSSR count). The van der Waals surface area contributed by atoms with Gasteiger partial charge in [0, 0.05) is 22.3 Å². The van der Waals surface area contributed by atoms with Crippen molar-refractivity contribution in [2.45, 2.75) is 51.4 Å². The second-order valence-corrected chi connectivity index (χ2v) is 21.6. The van der Waals surface area contributed by atoms with Crippen molar-refractivity contribution in [1.29, 1.82) is 0 Å². The van der Waals surface area contributed by atoms with Crippen molar-refractivity contribution in [3.63, 3.8) is 0 Å². The highest BCUT2D eigenvalue weighted by molar-refractivity contribution is 6.26. The number of para-hydroxylation sites is 2. The van der Waals surface area contributed by atoms with Crippen LogP contribution < -0.4 is 10.0 Å². The first-order valence-electron chi connectivity index (χ1n) is 29.9. The van der Waals surface area contributed by atoms with E-state index in [9.17, 15) is 9.59 Å². The van der Waals surface area contributed by atoms with Gasteiger partial charge in [-0.2, -0.15) is 10.2 Å². The first kappa shape index (κ1) is 56.1. The summed E-state index contributed by atoms with van der Waals surface area (Å²) >= 11 is 0. The maximum absolute atomic E-state index is 13.5.